The van der Waals surface area contributed by atoms with Crippen molar-refractivity contribution in [2.24, 2.45) is 0 Å². The van der Waals surface area contributed by atoms with Crippen LogP contribution in [0.5, 0.6) is 5.75 Å². The molecule has 206 valence electrons. The third kappa shape index (κ3) is 7.30. The number of amides is 1. The minimum Gasteiger partial charge on any atom is -0.497 e. The number of esters is 1. The lowest BCUT2D eigenvalue weighted by molar-refractivity contribution is -0.305. The van der Waals surface area contributed by atoms with E-state index in [2.05, 4.69) is 24.3 Å². The Labute approximate surface area is 230 Å². The van der Waals surface area contributed by atoms with E-state index in [0.717, 1.165) is 49.0 Å². The average Bonchev–Trinajstić information content (AvgIpc) is 3.27. The molecular weight excluding hydrogens is 502 g/mol. The Bertz CT molecular complexity index is 1050. The smallest absolute Gasteiger partial charge is 0.330 e. The number of carbonyl (C=O) groups excluding carboxylic acids is 2. The van der Waals surface area contributed by atoms with Gasteiger partial charge in [-0.25, -0.2) is 4.79 Å². The molecule has 0 aliphatic carbocycles. The molecule has 3 heterocycles. The molecule has 2 fully saturated rings. The van der Waals surface area contributed by atoms with E-state index in [4.69, 9.17) is 18.9 Å². The van der Waals surface area contributed by atoms with Crippen molar-refractivity contribution in [2.75, 3.05) is 20.0 Å². The first kappa shape index (κ1) is 28.5. The Balaban J connectivity index is 1.57. The van der Waals surface area contributed by atoms with Crippen LogP contribution in [0.4, 0.5) is 4.79 Å². The lowest BCUT2D eigenvalue weighted by atomic mass is 9.90. The normalized spacial score (nSPS) is 32.2. The van der Waals surface area contributed by atoms with Gasteiger partial charge < -0.3 is 23.8 Å². The summed E-state index contributed by atoms with van der Waals surface area (Å²) in [5.74, 6) is -0.0850. The van der Waals surface area contributed by atoms with Crippen molar-refractivity contribution in [1.29, 1.82) is 0 Å². The van der Waals surface area contributed by atoms with Crippen LogP contribution in [-0.4, -0.2) is 60.1 Å². The summed E-state index contributed by atoms with van der Waals surface area (Å²) in [5.41, 5.74) is 1.98. The molecule has 4 rings (SSSR count). The van der Waals surface area contributed by atoms with E-state index in [0.29, 0.717) is 25.1 Å². The van der Waals surface area contributed by atoms with Crippen molar-refractivity contribution in [3.63, 3.8) is 0 Å². The van der Waals surface area contributed by atoms with Gasteiger partial charge in [0.1, 0.15) is 11.9 Å². The fraction of sp³-hybridized carbons (Fsp3) is 0.533. The van der Waals surface area contributed by atoms with E-state index in [-0.39, 0.29) is 29.5 Å². The summed E-state index contributed by atoms with van der Waals surface area (Å²) in [7, 11) is 3.26. The Morgan fingerprint density at radius 3 is 2.58 bits per heavy atom. The summed E-state index contributed by atoms with van der Waals surface area (Å²) in [6.45, 7) is 2.39. The van der Waals surface area contributed by atoms with Gasteiger partial charge in [0.15, 0.2) is 5.79 Å². The summed E-state index contributed by atoms with van der Waals surface area (Å²) in [6, 6.07) is 7.40. The molecule has 1 aromatic carbocycles. The van der Waals surface area contributed by atoms with Gasteiger partial charge in [-0.2, -0.15) is 0 Å². The van der Waals surface area contributed by atoms with E-state index >= 15 is 0 Å². The molecule has 0 radical (unpaired) electrons. The quantitative estimate of drug-likeness (QED) is 0.412. The number of methoxy groups -OCH3 is 2. The van der Waals surface area contributed by atoms with Crippen LogP contribution >= 0.6 is 11.8 Å². The summed E-state index contributed by atoms with van der Waals surface area (Å²) in [5, 5.41) is -0.00674. The molecule has 0 spiro atoms. The lowest BCUT2D eigenvalue weighted by Gasteiger charge is -2.48. The van der Waals surface area contributed by atoms with Crippen molar-refractivity contribution in [3.05, 3.63) is 65.8 Å². The minimum absolute atomic E-state index is 0.00674. The second kappa shape index (κ2) is 13.5. The number of allylic oxidation sites excluding steroid dienone is 5. The number of hydrogen-bond acceptors (Lipinski definition) is 7. The Kier molecular flexibility index (Phi) is 10.1. The summed E-state index contributed by atoms with van der Waals surface area (Å²) < 4.78 is 24.1. The third-order valence-corrected chi connectivity index (χ3v) is 8.34. The van der Waals surface area contributed by atoms with Gasteiger partial charge in [0.2, 0.25) is 0 Å². The first-order chi connectivity index (χ1) is 18.4. The van der Waals surface area contributed by atoms with Gasteiger partial charge in [0.05, 0.1) is 19.3 Å². The number of benzene rings is 1. The fourth-order valence-corrected chi connectivity index (χ4v) is 6.43. The molecule has 8 heteroatoms. The van der Waals surface area contributed by atoms with Gasteiger partial charge in [0, 0.05) is 38.3 Å². The standard InChI is InChI=1S/C30H39NO6S/c1-22-11-9-7-5-4-6-8-10-12-25-18-26(36-28(32)17-22)19-30(35-3,37-25)27-21-38-29(33)31(27)20-23-13-15-24(34-2)16-14-23/h4-7,13-17,25-27H,8-12,18-21H2,1-3H3/b6-4+,7-5+,22-17-/t25-,26-,27+,30-/m1/s1. The first-order valence-corrected chi connectivity index (χ1v) is 14.4. The predicted molar refractivity (Wildman–Crippen MR) is 149 cm³/mol. The summed E-state index contributed by atoms with van der Waals surface area (Å²) in [4.78, 5) is 27.7. The molecule has 3 aliphatic heterocycles. The average molecular weight is 542 g/mol. The Morgan fingerprint density at radius 1 is 1.08 bits per heavy atom. The van der Waals surface area contributed by atoms with Crippen LogP contribution in [-0.2, 0) is 25.5 Å². The van der Waals surface area contributed by atoms with Gasteiger partial charge in [-0.1, -0.05) is 53.8 Å². The zero-order chi connectivity index (χ0) is 27.0. The Hall–Kier alpha value is -2.55. The molecule has 0 N–H and O–H groups in total. The SMILES string of the molecule is COc1ccc(CN2C(=O)SC[C@H]2[C@@]2(OC)C[C@H]3C[C@@H](CCC/C=C/C=C/CC/C(C)=C\C(=O)O3)O2)cc1. The van der Waals surface area contributed by atoms with E-state index in [1.54, 1.807) is 20.3 Å². The van der Waals surface area contributed by atoms with Crippen LogP contribution in [0.25, 0.3) is 0 Å². The molecule has 0 unspecified atom stereocenters. The van der Waals surface area contributed by atoms with Crippen molar-refractivity contribution in [1.82, 2.24) is 4.90 Å². The van der Waals surface area contributed by atoms with Crippen LogP contribution in [0, 0.1) is 0 Å². The van der Waals surface area contributed by atoms with Crippen molar-refractivity contribution < 1.29 is 28.5 Å². The van der Waals surface area contributed by atoms with Gasteiger partial charge in [-0.05, 0) is 56.7 Å². The van der Waals surface area contributed by atoms with Crippen molar-refractivity contribution in [2.45, 2.75) is 82.5 Å². The van der Waals surface area contributed by atoms with E-state index in [9.17, 15) is 9.59 Å². The molecular formula is C30H39NO6S. The second-order valence-electron chi connectivity index (χ2n) is 10.1. The fourth-order valence-electron chi connectivity index (χ4n) is 5.33. The summed E-state index contributed by atoms with van der Waals surface area (Å²) >= 11 is 1.28. The number of carbonyl (C=O) groups is 2. The van der Waals surface area contributed by atoms with Crippen molar-refractivity contribution in [3.8, 4) is 5.75 Å². The molecule has 1 aromatic rings. The van der Waals surface area contributed by atoms with Gasteiger partial charge >= 0.3 is 5.97 Å². The predicted octanol–water partition coefficient (Wildman–Crippen LogP) is 6.19. The summed E-state index contributed by atoms with van der Waals surface area (Å²) in [6.07, 6.45) is 14.9. The van der Waals surface area contributed by atoms with Gasteiger partial charge in [0.25, 0.3) is 5.24 Å². The Morgan fingerprint density at radius 2 is 1.84 bits per heavy atom. The highest BCUT2D eigenvalue weighted by Gasteiger charge is 2.54. The highest BCUT2D eigenvalue weighted by molar-refractivity contribution is 8.13. The zero-order valence-corrected chi connectivity index (χ0v) is 23.4. The number of nitrogens with zero attached hydrogens (tertiary/aromatic N) is 1. The number of rotatable bonds is 5. The molecule has 0 saturated carbocycles. The largest absolute Gasteiger partial charge is 0.497 e. The van der Waals surface area contributed by atoms with E-state index in [1.807, 2.05) is 36.1 Å². The molecule has 2 bridgehead atoms. The highest BCUT2D eigenvalue weighted by Crippen LogP contribution is 2.43. The van der Waals surface area contributed by atoms with Crippen LogP contribution in [0.2, 0.25) is 0 Å². The molecule has 4 atom stereocenters. The van der Waals surface area contributed by atoms with Gasteiger partial charge in [-0.3, -0.25) is 4.79 Å². The van der Waals surface area contributed by atoms with Crippen LogP contribution < -0.4 is 4.74 Å². The lowest BCUT2D eigenvalue weighted by Crippen LogP contribution is -2.60. The monoisotopic (exact) mass is 541 g/mol. The van der Waals surface area contributed by atoms with E-state index in [1.165, 1.54) is 11.8 Å². The topological polar surface area (TPSA) is 74.3 Å². The maximum absolute atomic E-state index is 13.0. The molecule has 0 aromatic heterocycles. The van der Waals surface area contributed by atoms with Crippen LogP contribution in [0.3, 0.4) is 0 Å². The third-order valence-electron chi connectivity index (χ3n) is 7.38. The van der Waals surface area contributed by atoms with E-state index < -0.39 is 5.79 Å². The highest BCUT2D eigenvalue weighted by atomic mass is 32.2. The van der Waals surface area contributed by atoms with Gasteiger partial charge in [-0.15, -0.1) is 0 Å². The first-order valence-electron chi connectivity index (χ1n) is 13.4. The second-order valence-corrected chi connectivity index (χ2v) is 11.1. The molecule has 38 heavy (non-hydrogen) atoms. The van der Waals surface area contributed by atoms with Crippen LogP contribution in [0.15, 0.2) is 60.2 Å². The molecule has 1 amide bonds. The molecule has 2 saturated heterocycles. The maximum Gasteiger partial charge on any atom is 0.330 e. The molecule has 3 aliphatic rings. The number of hydrogen-bond donors (Lipinski definition) is 0. The minimum atomic E-state index is -1.07. The van der Waals surface area contributed by atoms with Crippen molar-refractivity contribution >= 4 is 23.0 Å². The molecule has 7 nitrogen and oxygen atoms in total. The maximum atomic E-state index is 13.0. The number of ether oxygens (including phenoxy) is 4. The zero-order valence-electron chi connectivity index (χ0n) is 22.6. The number of fused-ring (bicyclic) bond motifs is 2. The number of thioether (sulfide) groups is 1. The van der Waals surface area contributed by atoms with Crippen LogP contribution in [0.1, 0.15) is 57.4 Å².